The van der Waals surface area contributed by atoms with Gasteiger partial charge in [0.05, 0.1) is 0 Å². The maximum atomic E-state index is 9.09. The predicted molar refractivity (Wildman–Crippen MR) is 78.5 cm³/mol. The zero-order chi connectivity index (χ0) is 15.2. The lowest BCUT2D eigenvalue weighted by molar-refractivity contribution is -0.111. The Hall–Kier alpha value is -1.44. The van der Waals surface area contributed by atoms with Crippen molar-refractivity contribution in [3.05, 3.63) is 12.3 Å². The third kappa shape index (κ3) is 4.29. The molecule has 0 spiro atoms. The van der Waals surface area contributed by atoms with Crippen LogP contribution in [0.15, 0.2) is 17.4 Å². The van der Waals surface area contributed by atoms with Gasteiger partial charge in [0.1, 0.15) is 6.34 Å². The van der Waals surface area contributed by atoms with Crippen LogP contribution in [-0.2, 0) is 0 Å². The van der Waals surface area contributed by atoms with Crippen LogP contribution in [0.5, 0.6) is 0 Å². The summed E-state index contributed by atoms with van der Waals surface area (Å²) in [5.41, 5.74) is 5.59. The summed E-state index contributed by atoms with van der Waals surface area (Å²) < 4.78 is 0. The first kappa shape index (κ1) is 16.6. The molecule has 114 valence electrons. The van der Waals surface area contributed by atoms with Crippen molar-refractivity contribution in [2.24, 2.45) is 16.4 Å². The van der Waals surface area contributed by atoms with E-state index < -0.39 is 6.29 Å². The van der Waals surface area contributed by atoms with Crippen molar-refractivity contribution >= 4 is 12.1 Å². The monoisotopic (exact) mass is 283 g/mol. The van der Waals surface area contributed by atoms with Crippen molar-refractivity contribution in [3.8, 4) is 0 Å². The molecule has 0 saturated heterocycles. The Bertz CT molecular complexity index is 379. The number of hydrazone groups is 1. The average Bonchev–Trinajstić information content (AvgIpc) is 2.86. The lowest BCUT2D eigenvalue weighted by Crippen LogP contribution is -2.42. The maximum absolute atomic E-state index is 9.09. The summed E-state index contributed by atoms with van der Waals surface area (Å²) >= 11 is 0. The molecule has 1 atom stereocenters. The Kier molecular flexibility index (Phi) is 6.12. The second-order valence-corrected chi connectivity index (χ2v) is 5.47. The van der Waals surface area contributed by atoms with Gasteiger partial charge >= 0.3 is 0 Å². The van der Waals surface area contributed by atoms with Crippen LogP contribution in [-0.4, -0.2) is 33.6 Å². The molecular formula is C13H25N5O2. The lowest BCUT2D eigenvalue weighted by Gasteiger charge is -2.39. The van der Waals surface area contributed by atoms with Crippen LogP contribution in [0, 0.1) is 16.7 Å². The lowest BCUT2D eigenvalue weighted by atomic mass is 9.67. The molecule has 1 heterocycles. The van der Waals surface area contributed by atoms with E-state index in [1.54, 1.807) is 11.3 Å². The van der Waals surface area contributed by atoms with Crippen LogP contribution >= 0.6 is 0 Å². The van der Waals surface area contributed by atoms with Gasteiger partial charge in [-0.15, -0.1) is 5.53 Å². The smallest absolute Gasteiger partial charge is 0.155 e. The number of aliphatic hydroxyl groups is 2. The summed E-state index contributed by atoms with van der Waals surface area (Å²) in [7, 11) is 0. The topological polar surface area (TPSA) is 104 Å². The Morgan fingerprint density at radius 2 is 2.25 bits per heavy atom. The molecule has 2 rings (SSSR count). The summed E-state index contributed by atoms with van der Waals surface area (Å²) in [6, 6.07) is 0. The molecule has 1 saturated carbocycles. The van der Waals surface area contributed by atoms with E-state index in [1.165, 1.54) is 0 Å². The molecule has 7 heteroatoms. The van der Waals surface area contributed by atoms with Crippen molar-refractivity contribution in [3.63, 3.8) is 0 Å². The van der Waals surface area contributed by atoms with Crippen molar-refractivity contribution < 1.29 is 10.2 Å². The molecule has 0 aromatic carbocycles. The highest BCUT2D eigenvalue weighted by Gasteiger charge is 2.39. The van der Waals surface area contributed by atoms with E-state index in [2.05, 4.69) is 16.2 Å². The normalized spacial score (nSPS) is 24.8. The largest absolute Gasteiger partial charge is 0.368 e. The molecule has 0 bridgehead atoms. The van der Waals surface area contributed by atoms with Crippen LogP contribution in [0.3, 0.4) is 0 Å². The minimum absolute atomic E-state index is 0.168. The van der Waals surface area contributed by atoms with E-state index in [-0.39, 0.29) is 11.3 Å². The number of hydrogen-bond acceptors (Lipinski definition) is 7. The first-order chi connectivity index (χ1) is 9.39. The van der Waals surface area contributed by atoms with Gasteiger partial charge in [-0.25, -0.2) is 5.53 Å². The van der Waals surface area contributed by atoms with E-state index in [0.717, 1.165) is 19.3 Å². The molecule has 1 aliphatic heterocycles. The van der Waals surface area contributed by atoms with Gasteiger partial charge in [-0.2, -0.15) is 5.10 Å². The molecule has 1 fully saturated rings. The first-order valence-electron chi connectivity index (χ1n) is 6.78. The fraction of sp³-hybridized carbons (Fsp3) is 0.692. The Balaban J connectivity index is 0.000000217. The summed E-state index contributed by atoms with van der Waals surface area (Å²) in [5.74, 6) is -0.168. The molecule has 0 aromatic heterocycles. The van der Waals surface area contributed by atoms with Gasteiger partial charge in [0.2, 0.25) is 0 Å². The number of aliphatic hydroxyl groups excluding tert-OH is 1. The average molecular weight is 283 g/mol. The highest BCUT2D eigenvalue weighted by molar-refractivity contribution is 5.87. The van der Waals surface area contributed by atoms with E-state index in [9.17, 15) is 0 Å². The second kappa shape index (κ2) is 7.37. The van der Waals surface area contributed by atoms with Gasteiger partial charge in [0, 0.05) is 23.2 Å². The van der Waals surface area contributed by atoms with Crippen LogP contribution < -0.4 is 11.1 Å². The number of hydrogen-bond donors (Lipinski definition) is 5. The highest BCUT2D eigenvalue weighted by atomic mass is 16.5. The number of rotatable bonds is 2. The van der Waals surface area contributed by atoms with Gasteiger partial charge < -0.3 is 15.6 Å². The molecule has 0 radical (unpaired) electrons. The molecule has 5 N–H and O–H groups in total. The SMILES string of the molecule is C/C=C/N1C=NNN1.CC1(C)C(=N)CCCC1C(O)O. The summed E-state index contributed by atoms with van der Waals surface area (Å²) in [6.07, 6.45) is 6.64. The van der Waals surface area contributed by atoms with Crippen LogP contribution in [0.4, 0.5) is 0 Å². The van der Waals surface area contributed by atoms with Crippen LogP contribution in [0.2, 0.25) is 0 Å². The molecule has 0 amide bonds. The number of nitrogens with zero attached hydrogens (tertiary/aromatic N) is 2. The molecule has 1 aliphatic carbocycles. The van der Waals surface area contributed by atoms with Crippen molar-refractivity contribution in [1.29, 1.82) is 5.41 Å². The van der Waals surface area contributed by atoms with Gasteiger partial charge in [-0.05, 0) is 26.2 Å². The highest BCUT2D eigenvalue weighted by Crippen LogP contribution is 2.39. The van der Waals surface area contributed by atoms with Crippen LogP contribution in [0.1, 0.15) is 40.0 Å². The Morgan fingerprint density at radius 3 is 2.70 bits per heavy atom. The molecule has 0 aromatic rings. The summed E-state index contributed by atoms with van der Waals surface area (Å²) in [4.78, 5) is 0. The minimum atomic E-state index is -1.28. The van der Waals surface area contributed by atoms with Gasteiger partial charge in [-0.3, -0.25) is 5.01 Å². The van der Waals surface area contributed by atoms with Gasteiger partial charge in [-0.1, -0.05) is 19.9 Å². The third-order valence-corrected chi connectivity index (χ3v) is 3.74. The first-order valence-corrected chi connectivity index (χ1v) is 6.78. The zero-order valence-electron chi connectivity index (χ0n) is 12.3. The Labute approximate surface area is 119 Å². The second-order valence-electron chi connectivity index (χ2n) is 5.47. The van der Waals surface area contributed by atoms with E-state index in [0.29, 0.717) is 5.71 Å². The van der Waals surface area contributed by atoms with E-state index >= 15 is 0 Å². The van der Waals surface area contributed by atoms with Crippen molar-refractivity contribution in [2.75, 3.05) is 0 Å². The molecule has 7 nitrogen and oxygen atoms in total. The number of hydrazine groups is 2. The quantitative estimate of drug-likeness (QED) is 0.485. The van der Waals surface area contributed by atoms with Crippen LogP contribution in [0.25, 0.3) is 0 Å². The molecule has 20 heavy (non-hydrogen) atoms. The summed E-state index contributed by atoms with van der Waals surface area (Å²) in [6.45, 7) is 5.77. The predicted octanol–water partition coefficient (Wildman–Crippen LogP) is 0.931. The molecular weight excluding hydrogens is 258 g/mol. The maximum Gasteiger partial charge on any atom is 0.155 e. The van der Waals surface area contributed by atoms with Crippen molar-refractivity contribution in [2.45, 2.75) is 46.3 Å². The van der Waals surface area contributed by atoms with E-state index in [4.69, 9.17) is 15.6 Å². The zero-order valence-corrected chi connectivity index (χ0v) is 12.3. The van der Waals surface area contributed by atoms with E-state index in [1.807, 2.05) is 33.0 Å². The molecule has 1 unspecified atom stereocenters. The Morgan fingerprint density at radius 1 is 1.55 bits per heavy atom. The molecule has 2 aliphatic rings. The number of allylic oxidation sites excluding steroid dienone is 1. The number of nitrogens with one attached hydrogen (secondary N) is 3. The fourth-order valence-corrected chi connectivity index (χ4v) is 2.37. The van der Waals surface area contributed by atoms with Gasteiger partial charge in [0.25, 0.3) is 0 Å². The minimum Gasteiger partial charge on any atom is -0.368 e. The fourth-order valence-electron chi connectivity index (χ4n) is 2.37. The third-order valence-electron chi connectivity index (χ3n) is 3.74. The van der Waals surface area contributed by atoms with Crippen molar-refractivity contribution in [1.82, 2.24) is 16.1 Å². The standard InChI is InChI=1S/C9H17NO2.C4H8N4/c1-9(2)6(8(11)12)4-3-5-7(9)10;1-2-3-8-4-5-6-7-8/h6,8,10-12H,3-5H2,1-2H3;2-4,6-7H,1H3/b;3-2+. The summed E-state index contributed by atoms with van der Waals surface area (Å²) in [5, 5.41) is 31.3. The van der Waals surface area contributed by atoms with Gasteiger partial charge in [0.15, 0.2) is 6.29 Å².